The summed E-state index contributed by atoms with van der Waals surface area (Å²) in [6.07, 6.45) is 1.64. The lowest BCUT2D eigenvalue weighted by Crippen LogP contribution is -1.88. The number of rotatable bonds is 1. The van der Waals surface area contributed by atoms with E-state index in [-0.39, 0.29) is 0 Å². The van der Waals surface area contributed by atoms with Crippen LogP contribution in [-0.4, -0.2) is 10.5 Å². The zero-order valence-electron chi connectivity index (χ0n) is 5.70. The summed E-state index contributed by atoms with van der Waals surface area (Å²) in [5.41, 5.74) is 6.13. The molecular weight excluding hydrogens is 146 g/mol. The van der Waals surface area contributed by atoms with Gasteiger partial charge in [-0.25, -0.2) is 0 Å². The van der Waals surface area contributed by atoms with Gasteiger partial charge in [-0.1, -0.05) is 0 Å². The van der Waals surface area contributed by atoms with Gasteiger partial charge in [-0.3, -0.25) is 4.21 Å². The van der Waals surface area contributed by atoms with Crippen LogP contribution in [0.5, 0.6) is 0 Å². The van der Waals surface area contributed by atoms with Crippen molar-refractivity contribution < 1.29 is 4.21 Å². The van der Waals surface area contributed by atoms with E-state index in [0.717, 1.165) is 4.90 Å². The predicted molar refractivity (Wildman–Crippen MR) is 43.2 cm³/mol. The Bertz CT molecular complexity index is 242. The topological polar surface area (TPSA) is 43.1 Å². The second-order valence-electron chi connectivity index (χ2n) is 2.02. The summed E-state index contributed by atoms with van der Waals surface area (Å²) in [6.45, 7) is 0. The van der Waals surface area contributed by atoms with Crippen molar-refractivity contribution >= 4 is 16.5 Å². The number of hydrogen-bond donors (Lipinski definition) is 1. The summed E-state index contributed by atoms with van der Waals surface area (Å²) in [5.74, 6) is 0. The number of nitrogens with two attached hydrogens (primary N) is 1. The van der Waals surface area contributed by atoms with Crippen LogP contribution in [0.25, 0.3) is 0 Å². The van der Waals surface area contributed by atoms with Gasteiger partial charge in [0, 0.05) is 27.6 Å². The predicted octanol–water partition coefficient (Wildman–Crippen LogP) is 1.01. The molecule has 0 saturated carbocycles. The normalized spacial score (nSPS) is 12.9. The molecule has 10 heavy (non-hydrogen) atoms. The molecule has 0 aliphatic rings. The Labute approximate surface area is 62.5 Å². The van der Waals surface area contributed by atoms with Crippen LogP contribution >= 0.6 is 0 Å². The molecule has 0 spiro atoms. The summed E-state index contributed by atoms with van der Waals surface area (Å²) in [7, 11) is -0.893. The second-order valence-corrected chi connectivity index (χ2v) is 3.40. The van der Waals surface area contributed by atoms with Crippen molar-refractivity contribution in [2.45, 2.75) is 4.90 Å². The minimum absolute atomic E-state index is 0.703. The molecule has 0 radical (unpaired) electrons. The molecule has 1 aromatic carbocycles. The van der Waals surface area contributed by atoms with E-state index in [4.69, 9.17) is 5.73 Å². The second kappa shape index (κ2) is 2.84. The molecule has 1 rings (SSSR count). The highest BCUT2D eigenvalue weighted by Crippen LogP contribution is 2.07. The fourth-order valence-electron chi connectivity index (χ4n) is 0.659. The van der Waals surface area contributed by atoms with Gasteiger partial charge in [0.15, 0.2) is 0 Å². The van der Waals surface area contributed by atoms with Gasteiger partial charge < -0.3 is 5.73 Å². The Hall–Kier alpha value is -0.830. The molecule has 0 saturated heterocycles. The first-order valence-electron chi connectivity index (χ1n) is 2.89. The van der Waals surface area contributed by atoms with Gasteiger partial charge in [0.25, 0.3) is 0 Å². The maximum Gasteiger partial charge on any atom is 0.0498 e. The summed E-state index contributed by atoms with van der Waals surface area (Å²) >= 11 is 0. The first-order chi connectivity index (χ1) is 4.70. The Kier molecular flexibility index (Phi) is 2.06. The van der Waals surface area contributed by atoms with Crippen molar-refractivity contribution in [3.05, 3.63) is 24.3 Å². The highest BCUT2D eigenvalue weighted by Gasteiger charge is 1.93. The molecule has 0 unspecified atom stereocenters. The molecule has 54 valence electrons. The van der Waals surface area contributed by atoms with Gasteiger partial charge in [-0.2, -0.15) is 0 Å². The zero-order chi connectivity index (χ0) is 7.56. The molecule has 0 heterocycles. The Morgan fingerprint density at radius 3 is 2.20 bits per heavy atom. The Balaban J connectivity index is 3.00. The van der Waals surface area contributed by atoms with Crippen molar-refractivity contribution in [2.24, 2.45) is 0 Å². The smallest absolute Gasteiger partial charge is 0.0498 e. The monoisotopic (exact) mass is 155 g/mol. The lowest BCUT2D eigenvalue weighted by molar-refractivity contribution is 0.687. The molecule has 2 N–H and O–H groups in total. The van der Waals surface area contributed by atoms with E-state index in [1.165, 1.54) is 0 Å². The molecule has 3 heteroatoms. The molecule has 2 nitrogen and oxygen atoms in total. The number of benzene rings is 1. The maximum atomic E-state index is 10.8. The molecule has 1 atom stereocenters. The van der Waals surface area contributed by atoms with E-state index >= 15 is 0 Å². The van der Waals surface area contributed by atoms with Gasteiger partial charge in [0.1, 0.15) is 0 Å². The number of hydrogen-bond acceptors (Lipinski definition) is 2. The van der Waals surface area contributed by atoms with Crippen molar-refractivity contribution in [2.75, 3.05) is 12.0 Å². The first-order valence-corrected chi connectivity index (χ1v) is 4.45. The van der Waals surface area contributed by atoms with Crippen LogP contribution in [0.15, 0.2) is 29.2 Å². The highest BCUT2D eigenvalue weighted by atomic mass is 32.2. The van der Waals surface area contributed by atoms with E-state index in [0.29, 0.717) is 5.69 Å². The fraction of sp³-hybridized carbons (Fsp3) is 0.143. The fourth-order valence-corrected chi connectivity index (χ4v) is 1.18. The van der Waals surface area contributed by atoms with E-state index in [1.54, 1.807) is 30.5 Å². The summed E-state index contributed by atoms with van der Waals surface area (Å²) < 4.78 is 10.8. The van der Waals surface area contributed by atoms with E-state index in [1.807, 2.05) is 0 Å². The summed E-state index contributed by atoms with van der Waals surface area (Å²) in [4.78, 5) is 0.814. The van der Waals surface area contributed by atoms with Gasteiger partial charge in [0.05, 0.1) is 0 Å². The minimum Gasteiger partial charge on any atom is -0.399 e. The molecular formula is C7H9NOS. The molecule has 0 aliphatic heterocycles. The van der Waals surface area contributed by atoms with Gasteiger partial charge in [0.2, 0.25) is 0 Å². The average Bonchev–Trinajstić information content (AvgIpc) is 1.88. The van der Waals surface area contributed by atoms with Gasteiger partial charge in [-0.15, -0.1) is 0 Å². The molecule has 0 fully saturated rings. The number of nitrogen functional groups attached to an aromatic ring is 1. The van der Waals surface area contributed by atoms with E-state index in [9.17, 15) is 4.21 Å². The molecule has 0 amide bonds. The van der Waals surface area contributed by atoms with Crippen LogP contribution < -0.4 is 5.73 Å². The van der Waals surface area contributed by atoms with E-state index in [2.05, 4.69) is 0 Å². The average molecular weight is 155 g/mol. The number of anilines is 1. The van der Waals surface area contributed by atoms with Gasteiger partial charge in [-0.05, 0) is 24.3 Å². The van der Waals surface area contributed by atoms with Crippen LogP contribution in [0, 0.1) is 0 Å². The Morgan fingerprint density at radius 2 is 1.80 bits per heavy atom. The quantitative estimate of drug-likeness (QED) is 0.615. The third-order valence-electron chi connectivity index (χ3n) is 1.21. The summed E-state index contributed by atoms with van der Waals surface area (Å²) in [6, 6.07) is 7.03. The minimum atomic E-state index is -0.893. The molecule has 1 aromatic rings. The van der Waals surface area contributed by atoms with Crippen LogP contribution in [0.3, 0.4) is 0 Å². The Morgan fingerprint density at radius 1 is 1.30 bits per heavy atom. The van der Waals surface area contributed by atoms with Crippen LogP contribution in [0.4, 0.5) is 5.69 Å². The highest BCUT2D eigenvalue weighted by molar-refractivity contribution is 7.84. The zero-order valence-corrected chi connectivity index (χ0v) is 6.52. The van der Waals surface area contributed by atoms with E-state index < -0.39 is 10.8 Å². The first kappa shape index (κ1) is 7.28. The van der Waals surface area contributed by atoms with Gasteiger partial charge >= 0.3 is 0 Å². The largest absolute Gasteiger partial charge is 0.399 e. The lowest BCUT2D eigenvalue weighted by Gasteiger charge is -1.94. The van der Waals surface area contributed by atoms with Crippen molar-refractivity contribution in [3.8, 4) is 0 Å². The molecule has 0 aliphatic carbocycles. The summed E-state index contributed by atoms with van der Waals surface area (Å²) in [5, 5.41) is 0. The van der Waals surface area contributed by atoms with Crippen LogP contribution in [0.2, 0.25) is 0 Å². The van der Waals surface area contributed by atoms with Crippen LogP contribution in [0.1, 0.15) is 0 Å². The maximum absolute atomic E-state index is 10.8. The standard InChI is InChI=1S/C7H9NOS/c1-10(9)7-4-2-6(8)3-5-7/h2-5H,8H2,1H3/t10-/m0/s1. The SMILES string of the molecule is C[S@](=O)c1ccc(N)cc1. The molecule has 0 bridgehead atoms. The van der Waals surface area contributed by atoms with Crippen molar-refractivity contribution in [1.29, 1.82) is 0 Å². The third-order valence-corrected chi connectivity index (χ3v) is 2.15. The van der Waals surface area contributed by atoms with Crippen molar-refractivity contribution in [1.82, 2.24) is 0 Å². The third kappa shape index (κ3) is 1.57. The van der Waals surface area contributed by atoms with Crippen molar-refractivity contribution in [3.63, 3.8) is 0 Å². The van der Waals surface area contributed by atoms with Crippen LogP contribution in [-0.2, 0) is 10.8 Å². The molecule has 0 aromatic heterocycles. The lowest BCUT2D eigenvalue weighted by atomic mass is 10.3.